The largest absolute Gasteiger partial charge is 0.490 e. The first kappa shape index (κ1) is 24.0. The Morgan fingerprint density at radius 2 is 1.89 bits per heavy atom. The molecule has 6 heteroatoms. The molecule has 1 aliphatic rings. The van der Waals surface area contributed by atoms with Crippen LogP contribution >= 0.6 is 24.0 Å². The summed E-state index contributed by atoms with van der Waals surface area (Å²) in [5.74, 6) is 2.00. The van der Waals surface area contributed by atoms with Gasteiger partial charge in [-0.2, -0.15) is 0 Å². The number of halogens is 1. The lowest BCUT2D eigenvalue weighted by molar-refractivity contribution is 0.129. The third kappa shape index (κ3) is 8.68. The first-order chi connectivity index (χ1) is 12.6. The van der Waals surface area contributed by atoms with Crippen molar-refractivity contribution in [2.24, 2.45) is 4.99 Å². The third-order valence-corrected chi connectivity index (χ3v) is 5.10. The average Bonchev–Trinajstić information content (AvgIpc) is 2.66. The highest BCUT2D eigenvalue weighted by molar-refractivity contribution is 14.0. The van der Waals surface area contributed by atoms with Crippen LogP contribution in [0.5, 0.6) is 5.75 Å². The standard InChI is InChI=1S/C21H36N4O.HI/c1-18(2)24(4)15-9-8-14-23-21(22-3)25-16-12-20(13-17-25)26-19-10-6-5-7-11-19;/h5-7,10-11,18,20H,8-9,12-17H2,1-4H3,(H,22,23);1H. The molecule has 27 heavy (non-hydrogen) atoms. The van der Waals surface area contributed by atoms with Gasteiger partial charge in [-0.1, -0.05) is 18.2 Å². The number of aliphatic imine (C=N–C) groups is 1. The number of hydrogen-bond acceptors (Lipinski definition) is 3. The van der Waals surface area contributed by atoms with Crippen molar-refractivity contribution in [3.63, 3.8) is 0 Å². The van der Waals surface area contributed by atoms with Gasteiger partial charge in [0.1, 0.15) is 11.9 Å². The lowest BCUT2D eigenvalue weighted by Crippen LogP contribution is -2.47. The second kappa shape index (κ2) is 13.2. The Balaban J connectivity index is 0.00000364. The molecule has 0 saturated carbocycles. The summed E-state index contributed by atoms with van der Waals surface area (Å²) in [5, 5.41) is 3.52. The van der Waals surface area contributed by atoms with Gasteiger partial charge in [-0.05, 0) is 52.4 Å². The van der Waals surface area contributed by atoms with Crippen molar-refractivity contribution in [2.45, 2.75) is 51.7 Å². The fourth-order valence-corrected chi connectivity index (χ4v) is 3.15. The van der Waals surface area contributed by atoms with Crippen LogP contribution in [0.1, 0.15) is 39.5 Å². The zero-order valence-corrected chi connectivity index (χ0v) is 19.7. The molecule has 0 aromatic heterocycles. The van der Waals surface area contributed by atoms with Gasteiger partial charge in [-0.3, -0.25) is 4.99 Å². The Labute approximate surface area is 182 Å². The van der Waals surface area contributed by atoms with Gasteiger partial charge < -0.3 is 19.9 Å². The van der Waals surface area contributed by atoms with Crippen molar-refractivity contribution in [1.82, 2.24) is 15.1 Å². The van der Waals surface area contributed by atoms with Crippen molar-refractivity contribution in [3.8, 4) is 5.75 Å². The number of rotatable bonds is 8. The Morgan fingerprint density at radius 1 is 1.22 bits per heavy atom. The number of piperidine rings is 1. The molecular formula is C21H37IN4O. The predicted molar refractivity (Wildman–Crippen MR) is 125 cm³/mol. The summed E-state index contributed by atoms with van der Waals surface area (Å²) in [6.45, 7) is 8.61. The van der Waals surface area contributed by atoms with E-state index in [9.17, 15) is 0 Å². The van der Waals surface area contributed by atoms with Crippen LogP contribution in [0.3, 0.4) is 0 Å². The number of guanidine groups is 1. The fourth-order valence-electron chi connectivity index (χ4n) is 3.15. The quantitative estimate of drug-likeness (QED) is 0.261. The minimum absolute atomic E-state index is 0. The van der Waals surface area contributed by atoms with E-state index in [2.05, 4.69) is 41.0 Å². The van der Waals surface area contributed by atoms with Gasteiger partial charge in [0, 0.05) is 45.6 Å². The summed E-state index contributed by atoms with van der Waals surface area (Å²) in [6.07, 6.45) is 4.76. The second-order valence-corrected chi connectivity index (χ2v) is 7.37. The first-order valence-electron chi connectivity index (χ1n) is 9.97. The summed E-state index contributed by atoms with van der Waals surface area (Å²) >= 11 is 0. The number of likely N-dealkylation sites (tertiary alicyclic amines) is 1. The van der Waals surface area contributed by atoms with Crippen LogP contribution in [0.2, 0.25) is 0 Å². The summed E-state index contributed by atoms with van der Waals surface area (Å²) in [5.41, 5.74) is 0. The van der Waals surface area contributed by atoms with E-state index in [0.29, 0.717) is 12.1 Å². The molecule has 1 aromatic carbocycles. The van der Waals surface area contributed by atoms with E-state index in [-0.39, 0.29) is 24.0 Å². The summed E-state index contributed by atoms with van der Waals surface area (Å²) in [7, 11) is 4.07. The molecule has 1 N–H and O–H groups in total. The van der Waals surface area contributed by atoms with Gasteiger partial charge in [0.05, 0.1) is 0 Å². The maximum absolute atomic E-state index is 6.08. The summed E-state index contributed by atoms with van der Waals surface area (Å²) in [4.78, 5) is 9.21. The van der Waals surface area contributed by atoms with Gasteiger partial charge in [0.2, 0.25) is 0 Å². The van der Waals surface area contributed by atoms with Crippen molar-refractivity contribution in [3.05, 3.63) is 30.3 Å². The zero-order chi connectivity index (χ0) is 18.8. The highest BCUT2D eigenvalue weighted by Crippen LogP contribution is 2.18. The minimum atomic E-state index is 0. The van der Waals surface area contributed by atoms with Crippen LogP contribution in [0.25, 0.3) is 0 Å². The molecule has 0 atom stereocenters. The number of hydrogen-bond donors (Lipinski definition) is 1. The Hall–Kier alpha value is -1.02. The molecule has 0 bridgehead atoms. The van der Waals surface area contributed by atoms with Crippen LogP contribution < -0.4 is 10.1 Å². The van der Waals surface area contributed by atoms with E-state index < -0.39 is 0 Å². The number of para-hydroxylation sites is 1. The van der Waals surface area contributed by atoms with Crippen LogP contribution in [0.4, 0.5) is 0 Å². The molecule has 0 radical (unpaired) electrons. The number of nitrogens with zero attached hydrogens (tertiary/aromatic N) is 3. The second-order valence-electron chi connectivity index (χ2n) is 7.37. The molecule has 1 saturated heterocycles. The highest BCUT2D eigenvalue weighted by atomic mass is 127. The van der Waals surface area contributed by atoms with E-state index in [1.54, 1.807) is 0 Å². The van der Waals surface area contributed by atoms with Crippen LogP contribution in [0, 0.1) is 0 Å². The molecule has 2 rings (SSSR count). The molecule has 5 nitrogen and oxygen atoms in total. The first-order valence-corrected chi connectivity index (χ1v) is 9.97. The minimum Gasteiger partial charge on any atom is -0.490 e. The Bertz CT molecular complexity index is 530. The smallest absolute Gasteiger partial charge is 0.193 e. The molecule has 0 unspecified atom stereocenters. The van der Waals surface area contributed by atoms with Gasteiger partial charge in [0.15, 0.2) is 5.96 Å². The molecule has 0 amide bonds. The lowest BCUT2D eigenvalue weighted by atomic mass is 10.1. The van der Waals surface area contributed by atoms with Crippen LogP contribution in [0.15, 0.2) is 35.3 Å². The Morgan fingerprint density at radius 3 is 2.48 bits per heavy atom. The predicted octanol–water partition coefficient (Wildman–Crippen LogP) is 3.84. The summed E-state index contributed by atoms with van der Waals surface area (Å²) < 4.78 is 6.08. The normalized spacial score (nSPS) is 15.8. The SMILES string of the molecule is CN=C(NCCCCN(C)C(C)C)N1CCC(Oc2ccccc2)CC1.I. The van der Waals surface area contributed by atoms with E-state index in [1.807, 2.05) is 37.4 Å². The highest BCUT2D eigenvalue weighted by Gasteiger charge is 2.22. The van der Waals surface area contributed by atoms with Crippen molar-refractivity contribution in [1.29, 1.82) is 0 Å². The maximum atomic E-state index is 6.08. The third-order valence-electron chi connectivity index (χ3n) is 5.10. The number of benzene rings is 1. The van der Waals surface area contributed by atoms with E-state index in [0.717, 1.165) is 50.7 Å². The molecule has 0 aliphatic carbocycles. The molecule has 1 fully saturated rings. The molecule has 154 valence electrons. The van der Waals surface area contributed by atoms with Crippen LogP contribution in [-0.4, -0.2) is 68.2 Å². The van der Waals surface area contributed by atoms with Crippen molar-refractivity contribution in [2.75, 3.05) is 40.3 Å². The molecule has 1 heterocycles. The average molecular weight is 488 g/mol. The van der Waals surface area contributed by atoms with Gasteiger partial charge in [-0.15, -0.1) is 24.0 Å². The zero-order valence-electron chi connectivity index (χ0n) is 17.4. The maximum Gasteiger partial charge on any atom is 0.193 e. The molecular weight excluding hydrogens is 451 g/mol. The van der Waals surface area contributed by atoms with Crippen molar-refractivity contribution < 1.29 is 4.74 Å². The van der Waals surface area contributed by atoms with Gasteiger partial charge >= 0.3 is 0 Å². The van der Waals surface area contributed by atoms with E-state index in [4.69, 9.17) is 4.74 Å². The topological polar surface area (TPSA) is 40.1 Å². The fraction of sp³-hybridized carbons (Fsp3) is 0.667. The van der Waals surface area contributed by atoms with Crippen molar-refractivity contribution >= 4 is 29.9 Å². The lowest BCUT2D eigenvalue weighted by Gasteiger charge is -2.34. The van der Waals surface area contributed by atoms with E-state index >= 15 is 0 Å². The summed E-state index contributed by atoms with van der Waals surface area (Å²) in [6, 6.07) is 10.7. The van der Waals surface area contributed by atoms with Gasteiger partial charge in [-0.25, -0.2) is 0 Å². The molecule has 1 aromatic rings. The monoisotopic (exact) mass is 488 g/mol. The van der Waals surface area contributed by atoms with Crippen LogP contribution in [-0.2, 0) is 0 Å². The Kier molecular flexibility index (Phi) is 11.7. The molecule has 1 aliphatic heterocycles. The number of unbranched alkanes of at least 4 members (excludes halogenated alkanes) is 1. The van der Waals surface area contributed by atoms with Gasteiger partial charge in [0.25, 0.3) is 0 Å². The number of nitrogens with one attached hydrogen (secondary N) is 1. The molecule has 0 spiro atoms. The van der Waals surface area contributed by atoms with E-state index in [1.165, 1.54) is 12.8 Å². The number of ether oxygens (including phenoxy) is 1.